The Labute approximate surface area is 192 Å². The molecule has 0 bridgehead atoms. The van der Waals surface area contributed by atoms with Crippen LogP contribution < -0.4 is 15.8 Å². The van der Waals surface area contributed by atoms with Gasteiger partial charge in [0, 0.05) is 50.8 Å². The SMILES string of the molecule is O=C(Cn1c(=O)c2cccn2c2cccnc21)NCCCN1CCN(c2ccccc2)CC1. The van der Waals surface area contributed by atoms with Gasteiger partial charge in [-0.05, 0) is 49.4 Å². The summed E-state index contributed by atoms with van der Waals surface area (Å²) in [7, 11) is 0. The van der Waals surface area contributed by atoms with E-state index in [2.05, 4.69) is 44.4 Å². The number of para-hydroxylation sites is 1. The van der Waals surface area contributed by atoms with Crippen LogP contribution in [0.2, 0.25) is 0 Å². The number of carbonyl (C=O) groups excluding carboxylic acids is 1. The van der Waals surface area contributed by atoms with E-state index < -0.39 is 0 Å². The lowest BCUT2D eigenvalue weighted by atomic mass is 10.2. The van der Waals surface area contributed by atoms with Gasteiger partial charge in [-0.25, -0.2) is 4.98 Å². The van der Waals surface area contributed by atoms with Crippen LogP contribution in [-0.4, -0.2) is 64.0 Å². The second kappa shape index (κ2) is 9.46. The minimum atomic E-state index is -0.211. The van der Waals surface area contributed by atoms with E-state index in [4.69, 9.17) is 0 Å². The number of hydrogen-bond acceptors (Lipinski definition) is 5. The van der Waals surface area contributed by atoms with Gasteiger partial charge in [0.1, 0.15) is 12.1 Å². The number of fused-ring (bicyclic) bond motifs is 3. The molecule has 1 fully saturated rings. The smallest absolute Gasteiger partial charge is 0.276 e. The third-order valence-electron chi connectivity index (χ3n) is 6.26. The van der Waals surface area contributed by atoms with E-state index >= 15 is 0 Å². The second-order valence-electron chi connectivity index (χ2n) is 8.37. The van der Waals surface area contributed by atoms with E-state index in [1.165, 1.54) is 10.3 Å². The molecule has 1 aliphatic rings. The molecule has 5 rings (SSSR count). The first-order chi connectivity index (χ1) is 16.2. The van der Waals surface area contributed by atoms with Crippen LogP contribution in [0.25, 0.3) is 16.7 Å². The van der Waals surface area contributed by atoms with Crippen molar-refractivity contribution in [3.63, 3.8) is 0 Å². The van der Waals surface area contributed by atoms with Gasteiger partial charge in [-0.2, -0.15) is 0 Å². The number of pyridine rings is 1. The van der Waals surface area contributed by atoms with Gasteiger partial charge in [0.15, 0.2) is 5.65 Å². The number of anilines is 1. The van der Waals surface area contributed by atoms with Gasteiger partial charge in [0.05, 0.1) is 5.52 Å². The maximum absolute atomic E-state index is 12.9. The molecular formula is C25H28N6O2. The largest absolute Gasteiger partial charge is 0.369 e. The van der Waals surface area contributed by atoms with E-state index in [0.717, 1.165) is 44.7 Å². The third kappa shape index (κ3) is 4.47. The monoisotopic (exact) mass is 444 g/mol. The number of nitrogens with one attached hydrogen (secondary N) is 1. The zero-order chi connectivity index (χ0) is 22.6. The maximum atomic E-state index is 12.9. The lowest BCUT2D eigenvalue weighted by molar-refractivity contribution is -0.121. The molecule has 4 aromatic rings. The molecule has 4 heterocycles. The van der Waals surface area contributed by atoms with Crippen molar-refractivity contribution in [3.05, 3.63) is 77.3 Å². The molecular weight excluding hydrogens is 416 g/mol. The van der Waals surface area contributed by atoms with Crippen LogP contribution in [0.15, 0.2) is 71.8 Å². The fraction of sp³-hybridized carbons (Fsp3) is 0.320. The summed E-state index contributed by atoms with van der Waals surface area (Å²) in [6.45, 7) is 5.57. The first kappa shape index (κ1) is 21.2. The van der Waals surface area contributed by atoms with Crippen LogP contribution in [0.4, 0.5) is 5.69 Å². The van der Waals surface area contributed by atoms with Crippen molar-refractivity contribution >= 4 is 28.3 Å². The molecule has 0 radical (unpaired) electrons. The average molecular weight is 445 g/mol. The van der Waals surface area contributed by atoms with Crippen molar-refractivity contribution in [2.45, 2.75) is 13.0 Å². The molecule has 0 atom stereocenters. The highest BCUT2D eigenvalue weighted by Gasteiger charge is 2.17. The fourth-order valence-corrected chi connectivity index (χ4v) is 4.53. The summed E-state index contributed by atoms with van der Waals surface area (Å²) >= 11 is 0. The minimum Gasteiger partial charge on any atom is -0.369 e. The zero-order valence-electron chi connectivity index (χ0n) is 18.6. The van der Waals surface area contributed by atoms with E-state index in [-0.39, 0.29) is 18.0 Å². The number of rotatable bonds is 7. The summed E-state index contributed by atoms with van der Waals surface area (Å²) in [6.07, 6.45) is 4.36. The molecule has 0 aliphatic carbocycles. The van der Waals surface area contributed by atoms with Crippen molar-refractivity contribution in [1.82, 2.24) is 24.2 Å². The van der Waals surface area contributed by atoms with Gasteiger partial charge < -0.3 is 14.6 Å². The van der Waals surface area contributed by atoms with Crippen LogP contribution >= 0.6 is 0 Å². The van der Waals surface area contributed by atoms with E-state index in [9.17, 15) is 9.59 Å². The van der Waals surface area contributed by atoms with Crippen molar-refractivity contribution in [2.75, 3.05) is 44.2 Å². The van der Waals surface area contributed by atoms with Crippen molar-refractivity contribution < 1.29 is 4.79 Å². The molecule has 1 saturated heterocycles. The average Bonchev–Trinajstić information content (AvgIpc) is 3.36. The lowest BCUT2D eigenvalue weighted by Gasteiger charge is -2.36. The van der Waals surface area contributed by atoms with Crippen LogP contribution in [0.5, 0.6) is 0 Å². The van der Waals surface area contributed by atoms with Gasteiger partial charge in [-0.15, -0.1) is 0 Å². The van der Waals surface area contributed by atoms with Crippen LogP contribution in [0.3, 0.4) is 0 Å². The molecule has 8 nitrogen and oxygen atoms in total. The zero-order valence-corrected chi connectivity index (χ0v) is 18.6. The van der Waals surface area contributed by atoms with Gasteiger partial charge in [0.2, 0.25) is 5.91 Å². The summed E-state index contributed by atoms with van der Waals surface area (Å²) in [5.41, 5.74) is 2.92. The fourth-order valence-electron chi connectivity index (χ4n) is 4.53. The Kier molecular flexibility index (Phi) is 6.08. The number of nitrogens with zero attached hydrogens (tertiary/aromatic N) is 5. The molecule has 1 aliphatic heterocycles. The molecule has 8 heteroatoms. The first-order valence-corrected chi connectivity index (χ1v) is 11.4. The topological polar surface area (TPSA) is 74.9 Å². The maximum Gasteiger partial charge on any atom is 0.276 e. The van der Waals surface area contributed by atoms with E-state index in [1.54, 1.807) is 12.3 Å². The second-order valence-corrected chi connectivity index (χ2v) is 8.37. The van der Waals surface area contributed by atoms with Crippen molar-refractivity contribution in [2.24, 2.45) is 0 Å². The predicted molar refractivity (Wildman–Crippen MR) is 130 cm³/mol. The molecule has 3 aromatic heterocycles. The highest BCUT2D eigenvalue weighted by atomic mass is 16.2. The molecule has 1 aromatic carbocycles. The number of hydrogen-bond donors (Lipinski definition) is 1. The number of benzene rings is 1. The Morgan fingerprint density at radius 1 is 0.939 bits per heavy atom. The molecule has 0 unspecified atom stereocenters. The van der Waals surface area contributed by atoms with Crippen LogP contribution in [-0.2, 0) is 11.3 Å². The Morgan fingerprint density at radius 2 is 1.73 bits per heavy atom. The lowest BCUT2D eigenvalue weighted by Crippen LogP contribution is -2.47. The summed E-state index contributed by atoms with van der Waals surface area (Å²) in [5, 5.41) is 2.97. The van der Waals surface area contributed by atoms with Gasteiger partial charge in [-0.1, -0.05) is 18.2 Å². The van der Waals surface area contributed by atoms with Gasteiger partial charge >= 0.3 is 0 Å². The summed E-state index contributed by atoms with van der Waals surface area (Å²) in [6, 6.07) is 17.8. The summed E-state index contributed by atoms with van der Waals surface area (Å²) in [4.78, 5) is 34.7. The van der Waals surface area contributed by atoms with Crippen molar-refractivity contribution in [3.8, 4) is 0 Å². The number of piperazine rings is 1. The van der Waals surface area contributed by atoms with Crippen molar-refractivity contribution in [1.29, 1.82) is 0 Å². The Balaban J connectivity index is 1.13. The summed E-state index contributed by atoms with van der Waals surface area (Å²) in [5.74, 6) is -0.172. The summed E-state index contributed by atoms with van der Waals surface area (Å²) < 4.78 is 3.28. The highest BCUT2D eigenvalue weighted by molar-refractivity contribution is 5.80. The molecule has 0 saturated carbocycles. The Hall–Kier alpha value is -3.65. The normalized spacial score (nSPS) is 14.7. The highest BCUT2D eigenvalue weighted by Crippen LogP contribution is 2.15. The Morgan fingerprint density at radius 3 is 2.55 bits per heavy atom. The number of amides is 1. The van der Waals surface area contributed by atoms with Gasteiger partial charge in [-0.3, -0.25) is 19.1 Å². The van der Waals surface area contributed by atoms with Crippen LogP contribution in [0, 0.1) is 0 Å². The number of aromatic nitrogens is 3. The molecule has 170 valence electrons. The predicted octanol–water partition coefficient (Wildman–Crippen LogP) is 1.98. The minimum absolute atomic E-state index is 0.0379. The van der Waals surface area contributed by atoms with Crippen LogP contribution in [0.1, 0.15) is 6.42 Å². The Bertz CT molecular complexity index is 1300. The molecule has 33 heavy (non-hydrogen) atoms. The quantitative estimate of drug-likeness (QED) is 0.441. The molecule has 1 amide bonds. The third-order valence-corrected chi connectivity index (χ3v) is 6.26. The standard InChI is InChI=1S/C25H28N6O2/c32-23(19-31-24-21(9-4-11-27-24)30-14-5-10-22(30)25(31)33)26-12-6-13-28-15-17-29(18-16-28)20-7-2-1-3-8-20/h1-5,7-11,14H,6,12-13,15-19H2,(H,26,32). The first-order valence-electron chi connectivity index (χ1n) is 11.4. The van der Waals surface area contributed by atoms with Gasteiger partial charge in [0.25, 0.3) is 5.56 Å². The van der Waals surface area contributed by atoms with E-state index in [1.807, 2.05) is 34.9 Å². The number of carbonyl (C=O) groups is 1. The molecule has 0 spiro atoms. The van der Waals surface area contributed by atoms with E-state index in [0.29, 0.717) is 17.7 Å². The molecule has 1 N–H and O–H groups in total.